The van der Waals surface area contributed by atoms with Gasteiger partial charge in [0, 0.05) is 25.4 Å². The molecule has 3 rings (SSSR count). The maximum Gasteiger partial charge on any atom is 0.243 e. The molecule has 5 heteroatoms. The Morgan fingerprint density at radius 1 is 0.824 bits per heavy atom. The highest BCUT2D eigenvalue weighted by Gasteiger charge is 2.31. The van der Waals surface area contributed by atoms with Crippen LogP contribution < -0.4 is 10.1 Å². The minimum Gasteiger partial charge on any atom is -0.497 e. The van der Waals surface area contributed by atoms with E-state index in [1.807, 2.05) is 98.8 Å². The lowest BCUT2D eigenvalue weighted by molar-refractivity contribution is -0.143. The van der Waals surface area contributed by atoms with Gasteiger partial charge < -0.3 is 15.0 Å². The molecule has 34 heavy (non-hydrogen) atoms. The van der Waals surface area contributed by atoms with Crippen LogP contribution in [0.3, 0.4) is 0 Å². The van der Waals surface area contributed by atoms with Gasteiger partial charge in [-0.05, 0) is 35.2 Å². The number of benzene rings is 3. The van der Waals surface area contributed by atoms with E-state index < -0.39 is 6.04 Å². The van der Waals surface area contributed by atoms with Crippen LogP contribution in [-0.4, -0.2) is 36.4 Å². The molecule has 2 amide bonds. The van der Waals surface area contributed by atoms with E-state index in [0.29, 0.717) is 19.5 Å². The molecule has 0 heterocycles. The largest absolute Gasteiger partial charge is 0.497 e. The number of carbonyl (C=O) groups is 2. The van der Waals surface area contributed by atoms with Crippen LogP contribution >= 0.6 is 0 Å². The molecule has 0 radical (unpaired) electrons. The molecule has 1 atom stereocenters. The van der Waals surface area contributed by atoms with Gasteiger partial charge in [-0.15, -0.1) is 0 Å². The van der Waals surface area contributed by atoms with Crippen molar-refractivity contribution in [3.8, 4) is 5.75 Å². The van der Waals surface area contributed by atoms with E-state index >= 15 is 0 Å². The molecule has 3 aromatic rings. The lowest BCUT2D eigenvalue weighted by Gasteiger charge is -2.33. The summed E-state index contributed by atoms with van der Waals surface area (Å²) in [5, 5.41) is 3.08. The zero-order valence-corrected chi connectivity index (χ0v) is 20.2. The highest BCUT2D eigenvalue weighted by Crippen LogP contribution is 2.19. The van der Waals surface area contributed by atoms with E-state index in [2.05, 4.69) is 5.32 Å². The first kappa shape index (κ1) is 25.0. The molecule has 0 fully saturated rings. The van der Waals surface area contributed by atoms with Gasteiger partial charge in [0.15, 0.2) is 0 Å². The molecule has 3 aromatic carbocycles. The van der Waals surface area contributed by atoms with E-state index in [4.69, 9.17) is 4.74 Å². The predicted octanol–water partition coefficient (Wildman–Crippen LogP) is 4.65. The molecule has 1 N–H and O–H groups in total. The Balaban J connectivity index is 1.83. The molecule has 178 valence electrons. The van der Waals surface area contributed by atoms with Crippen LogP contribution in [0.4, 0.5) is 0 Å². The predicted molar refractivity (Wildman–Crippen MR) is 135 cm³/mol. The molecule has 0 aliphatic rings. The second-order valence-electron chi connectivity index (χ2n) is 8.70. The lowest BCUT2D eigenvalue weighted by Crippen LogP contribution is -2.51. The average molecular weight is 459 g/mol. The van der Waals surface area contributed by atoms with Crippen LogP contribution in [0.2, 0.25) is 0 Å². The van der Waals surface area contributed by atoms with Crippen molar-refractivity contribution in [2.75, 3.05) is 13.7 Å². The number of hydrogen-bond donors (Lipinski definition) is 1. The third kappa shape index (κ3) is 7.20. The van der Waals surface area contributed by atoms with Crippen LogP contribution in [0.15, 0.2) is 84.9 Å². The fourth-order valence-corrected chi connectivity index (χ4v) is 3.88. The number of ether oxygens (including phenoxy) is 1. The molecule has 0 bridgehead atoms. The SMILES string of the molecule is COc1ccc(CN(C(=O)C(C)C)[C@H](Cc2ccccc2)C(=O)NCCc2ccccc2)cc1. The van der Waals surface area contributed by atoms with Crippen molar-refractivity contribution in [2.24, 2.45) is 5.92 Å². The summed E-state index contributed by atoms with van der Waals surface area (Å²) in [6.45, 7) is 4.61. The third-order valence-corrected chi connectivity index (χ3v) is 5.80. The Labute approximate surface area is 202 Å². The number of carbonyl (C=O) groups excluding carboxylic acids is 2. The van der Waals surface area contributed by atoms with Crippen molar-refractivity contribution >= 4 is 11.8 Å². The summed E-state index contributed by atoms with van der Waals surface area (Å²) in [5.74, 6) is 0.343. The molecule has 0 aromatic heterocycles. The Morgan fingerprint density at radius 3 is 1.97 bits per heavy atom. The first-order valence-electron chi connectivity index (χ1n) is 11.8. The summed E-state index contributed by atoms with van der Waals surface area (Å²) in [5.41, 5.74) is 3.13. The quantitative estimate of drug-likeness (QED) is 0.455. The second kappa shape index (κ2) is 12.6. The number of methoxy groups -OCH3 is 1. The van der Waals surface area contributed by atoms with Crippen molar-refractivity contribution in [3.63, 3.8) is 0 Å². The molecular weight excluding hydrogens is 424 g/mol. The molecule has 0 spiro atoms. The summed E-state index contributed by atoms with van der Waals surface area (Å²) in [4.78, 5) is 28.5. The Morgan fingerprint density at radius 2 is 1.41 bits per heavy atom. The molecule has 0 aliphatic heterocycles. The second-order valence-corrected chi connectivity index (χ2v) is 8.70. The Hall–Kier alpha value is -3.60. The minimum atomic E-state index is -0.616. The van der Waals surface area contributed by atoms with Crippen LogP contribution in [0.5, 0.6) is 5.75 Å². The smallest absolute Gasteiger partial charge is 0.243 e. The first-order valence-corrected chi connectivity index (χ1v) is 11.8. The van der Waals surface area contributed by atoms with Crippen LogP contribution in [0.1, 0.15) is 30.5 Å². The van der Waals surface area contributed by atoms with E-state index in [-0.39, 0.29) is 17.7 Å². The van der Waals surface area contributed by atoms with Crippen LogP contribution in [0, 0.1) is 5.92 Å². The maximum absolute atomic E-state index is 13.5. The van der Waals surface area contributed by atoms with Gasteiger partial charge in [-0.2, -0.15) is 0 Å². The molecule has 0 saturated heterocycles. The van der Waals surface area contributed by atoms with Crippen LogP contribution in [-0.2, 0) is 29.0 Å². The zero-order chi connectivity index (χ0) is 24.3. The van der Waals surface area contributed by atoms with Gasteiger partial charge in [0.05, 0.1) is 7.11 Å². The van der Waals surface area contributed by atoms with Crippen molar-refractivity contribution in [2.45, 2.75) is 39.3 Å². The fourth-order valence-electron chi connectivity index (χ4n) is 3.88. The number of hydrogen-bond acceptors (Lipinski definition) is 3. The number of nitrogens with zero attached hydrogens (tertiary/aromatic N) is 1. The summed E-state index contributed by atoms with van der Waals surface area (Å²) in [6.07, 6.45) is 1.19. The topological polar surface area (TPSA) is 58.6 Å². The van der Waals surface area contributed by atoms with Gasteiger partial charge in [0.25, 0.3) is 0 Å². The number of nitrogens with one attached hydrogen (secondary N) is 1. The highest BCUT2D eigenvalue weighted by atomic mass is 16.5. The summed E-state index contributed by atoms with van der Waals surface area (Å²) >= 11 is 0. The van der Waals surface area contributed by atoms with Crippen molar-refractivity contribution < 1.29 is 14.3 Å². The maximum atomic E-state index is 13.5. The first-order chi connectivity index (χ1) is 16.5. The van der Waals surface area contributed by atoms with E-state index in [1.54, 1.807) is 12.0 Å². The number of rotatable bonds is 11. The highest BCUT2D eigenvalue weighted by molar-refractivity contribution is 5.88. The van der Waals surface area contributed by atoms with E-state index in [9.17, 15) is 9.59 Å². The fraction of sp³-hybridized carbons (Fsp3) is 0.310. The summed E-state index contributed by atoms with van der Waals surface area (Å²) < 4.78 is 5.26. The van der Waals surface area contributed by atoms with E-state index in [1.165, 1.54) is 0 Å². The molecule has 0 saturated carbocycles. The van der Waals surface area contributed by atoms with Gasteiger partial charge in [0.1, 0.15) is 11.8 Å². The Bertz CT molecular complexity index is 1030. The molecule has 0 aliphatic carbocycles. The lowest BCUT2D eigenvalue weighted by atomic mass is 10.0. The standard InChI is InChI=1S/C29H34N2O3/c1-22(2)29(33)31(21-25-14-16-26(34-3)17-15-25)27(20-24-12-8-5-9-13-24)28(32)30-19-18-23-10-6-4-7-11-23/h4-17,22,27H,18-21H2,1-3H3,(H,30,32)/t27-/m1/s1. The molecule has 5 nitrogen and oxygen atoms in total. The van der Waals surface area contributed by atoms with Gasteiger partial charge in [0.2, 0.25) is 11.8 Å². The third-order valence-electron chi connectivity index (χ3n) is 5.80. The van der Waals surface area contributed by atoms with Crippen molar-refractivity contribution in [1.82, 2.24) is 10.2 Å². The van der Waals surface area contributed by atoms with Gasteiger partial charge in [-0.25, -0.2) is 0 Å². The number of amides is 2. The van der Waals surface area contributed by atoms with Crippen molar-refractivity contribution in [1.29, 1.82) is 0 Å². The van der Waals surface area contributed by atoms with Crippen LogP contribution in [0.25, 0.3) is 0 Å². The zero-order valence-electron chi connectivity index (χ0n) is 20.2. The van der Waals surface area contributed by atoms with Gasteiger partial charge in [-0.1, -0.05) is 86.6 Å². The summed E-state index contributed by atoms with van der Waals surface area (Å²) in [6, 6.07) is 26.9. The molecule has 0 unspecified atom stereocenters. The normalized spacial score (nSPS) is 11.6. The van der Waals surface area contributed by atoms with Gasteiger partial charge >= 0.3 is 0 Å². The summed E-state index contributed by atoms with van der Waals surface area (Å²) in [7, 11) is 1.62. The molecular formula is C29H34N2O3. The minimum absolute atomic E-state index is 0.0463. The van der Waals surface area contributed by atoms with Crippen molar-refractivity contribution in [3.05, 3.63) is 102 Å². The van der Waals surface area contributed by atoms with E-state index in [0.717, 1.165) is 28.9 Å². The Kier molecular flexibility index (Phi) is 9.27. The van der Waals surface area contributed by atoms with Gasteiger partial charge in [-0.3, -0.25) is 9.59 Å². The average Bonchev–Trinajstić information content (AvgIpc) is 2.87. The monoisotopic (exact) mass is 458 g/mol.